The molecule has 0 spiro atoms. The van der Waals surface area contributed by atoms with E-state index >= 15 is 0 Å². The lowest BCUT2D eigenvalue weighted by atomic mass is 10.0. The fourth-order valence-electron chi connectivity index (χ4n) is 4.22. The van der Waals surface area contributed by atoms with E-state index in [4.69, 9.17) is 11.6 Å². The van der Waals surface area contributed by atoms with Crippen molar-refractivity contribution in [3.05, 3.63) is 67.1 Å². The van der Waals surface area contributed by atoms with E-state index in [1.807, 2.05) is 25.1 Å². The summed E-state index contributed by atoms with van der Waals surface area (Å²) < 4.78 is 1.21. The van der Waals surface area contributed by atoms with E-state index < -0.39 is 0 Å². The molecule has 0 atom stereocenters. The molecule has 1 saturated heterocycles. The predicted octanol–water partition coefficient (Wildman–Crippen LogP) is 1.75. The largest absolute Gasteiger partial charge is 0.366 e. The first-order valence-corrected chi connectivity index (χ1v) is 11.3. The van der Waals surface area contributed by atoms with Crippen molar-refractivity contribution in [3.8, 4) is 0 Å². The second-order valence-corrected chi connectivity index (χ2v) is 8.51. The molecular weight excluding hydrogens is 444 g/mol. The molecule has 0 aliphatic carbocycles. The Morgan fingerprint density at radius 3 is 2.55 bits per heavy atom. The van der Waals surface area contributed by atoms with Crippen molar-refractivity contribution in [2.75, 3.05) is 38.1 Å². The normalized spacial score (nSPS) is 14.6. The Labute approximate surface area is 196 Å². The third-order valence-corrected chi connectivity index (χ3v) is 6.43. The minimum absolute atomic E-state index is 0.257. The summed E-state index contributed by atoms with van der Waals surface area (Å²) in [4.78, 5) is 48.1. The van der Waals surface area contributed by atoms with E-state index in [-0.39, 0.29) is 17.2 Å². The summed E-state index contributed by atoms with van der Waals surface area (Å²) in [5.41, 5.74) is 3.14. The number of nitrogens with zero attached hydrogens (tertiary/aromatic N) is 4. The molecule has 3 heterocycles. The van der Waals surface area contributed by atoms with Gasteiger partial charge >= 0.3 is 5.69 Å². The van der Waals surface area contributed by atoms with Gasteiger partial charge in [-0.1, -0.05) is 11.6 Å². The van der Waals surface area contributed by atoms with Gasteiger partial charge in [0.15, 0.2) is 5.15 Å². The number of fused-ring (bicyclic) bond motifs is 1. The molecule has 174 valence electrons. The fraction of sp³-hybridized carbons (Fsp3) is 0.391. The lowest BCUT2D eigenvalue weighted by Gasteiger charge is -2.36. The average Bonchev–Trinajstić information content (AvgIpc) is 2.80. The van der Waals surface area contributed by atoms with Crippen LogP contribution in [0.4, 0.5) is 5.69 Å². The van der Waals surface area contributed by atoms with Crippen LogP contribution in [0, 0.1) is 6.92 Å². The average molecular weight is 471 g/mol. The first-order chi connectivity index (χ1) is 15.8. The molecular formula is C23H27ClN6O3. The highest BCUT2D eigenvalue weighted by molar-refractivity contribution is 6.32. The number of aromatic amines is 1. The maximum absolute atomic E-state index is 12.6. The van der Waals surface area contributed by atoms with Crippen molar-refractivity contribution in [2.24, 2.45) is 0 Å². The summed E-state index contributed by atoms with van der Waals surface area (Å²) in [6.07, 6.45) is 0. The molecule has 0 saturated carbocycles. The van der Waals surface area contributed by atoms with E-state index in [2.05, 4.69) is 25.1 Å². The van der Waals surface area contributed by atoms with Gasteiger partial charge in [0.25, 0.3) is 11.5 Å². The zero-order valence-electron chi connectivity index (χ0n) is 18.9. The van der Waals surface area contributed by atoms with Crippen molar-refractivity contribution < 1.29 is 4.79 Å². The molecule has 1 amide bonds. The summed E-state index contributed by atoms with van der Waals surface area (Å²) in [6, 6.07) is 7.30. The van der Waals surface area contributed by atoms with Crippen LogP contribution in [0.1, 0.15) is 28.5 Å². The molecule has 2 aromatic heterocycles. The van der Waals surface area contributed by atoms with Crippen molar-refractivity contribution in [1.82, 2.24) is 24.8 Å². The number of pyridine rings is 1. The molecule has 2 N–H and O–H groups in total. The molecule has 1 fully saturated rings. The number of nitrogens with one attached hydrogen (secondary N) is 2. The molecule has 1 aromatic carbocycles. The highest BCUT2D eigenvalue weighted by Crippen LogP contribution is 2.26. The smallest absolute Gasteiger partial charge is 0.328 e. The predicted molar refractivity (Wildman–Crippen MR) is 129 cm³/mol. The number of hydrogen-bond acceptors (Lipinski definition) is 6. The van der Waals surface area contributed by atoms with E-state index in [9.17, 15) is 14.4 Å². The quantitative estimate of drug-likeness (QED) is 0.551. The number of hydrogen-bond donors (Lipinski definition) is 2. The standard InChI is InChI=1S/C23H27ClN6O3/c1-4-30-22(32)16-11-14(2)15(12-18(16)27-23(30)33)13-28-7-9-29(10-8-28)19-6-5-17(21(31)25-3)26-20(19)24/h5-6,11-12H,4,7-10,13H2,1-3H3,(H,25,31)(H,27,33). The van der Waals surface area contributed by atoms with Crippen molar-refractivity contribution >= 4 is 34.1 Å². The van der Waals surface area contributed by atoms with Crippen LogP contribution in [0.2, 0.25) is 5.15 Å². The molecule has 4 rings (SSSR count). The molecule has 0 unspecified atom stereocenters. The summed E-state index contributed by atoms with van der Waals surface area (Å²) in [6.45, 7) is 8.00. The fourth-order valence-corrected chi connectivity index (χ4v) is 4.49. The number of carbonyl (C=O) groups is 1. The molecule has 1 aliphatic heterocycles. The topological polar surface area (TPSA) is 103 Å². The lowest BCUT2D eigenvalue weighted by molar-refractivity contribution is 0.0958. The van der Waals surface area contributed by atoms with Crippen LogP contribution in [-0.4, -0.2) is 58.6 Å². The van der Waals surface area contributed by atoms with Crippen molar-refractivity contribution in [3.63, 3.8) is 0 Å². The Kier molecular flexibility index (Phi) is 6.53. The van der Waals surface area contributed by atoms with Crippen LogP contribution in [0.15, 0.2) is 33.9 Å². The highest BCUT2D eigenvalue weighted by atomic mass is 35.5. The van der Waals surface area contributed by atoms with Gasteiger partial charge in [0.1, 0.15) is 5.69 Å². The summed E-state index contributed by atoms with van der Waals surface area (Å²) in [7, 11) is 1.56. The van der Waals surface area contributed by atoms with Crippen LogP contribution in [0.25, 0.3) is 10.9 Å². The number of anilines is 1. The number of H-pyrrole nitrogens is 1. The second kappa shape index (κ2) is 9.36. The molecule has 10 heteroatoms. The van der Waals surface area contributed by atoms with Crippen LogP contribution in [0.3, 0.4) is 0 Å². The number of aromatic nitrogens is 3. The van der Waals surface area contributed by atoms with Gasteiger partial charge < -0.3 is 15.2 Å². The van der Waals surface area contributed by atoms with E-state index in [0.29, 0.717) is 28.3 Å². The summed E-state index contributed by atoms with van der Waals surface area (Å²) >= 11 is 6.35. The summed E-state index contributed by atoms with van der Waals surface area (Å²) in [5, 5.41) is 3.39. The Hall–Kier alpha value is -3.17. The zero-order valence-corrected chi connectivity index (χ0v) is 19.7. The van der Waals surface area contributed by atoms with E-state index in [1.54, 1.807) is 20.0 Å². The van der Waals surface area contributed by atoms with Crippen LogP contribution >= 0.6 is 11.6 Å². The van der Waals surface area contributed by atoms with E-state index in [1.165, 1.54) is 4.57 Å². The van der Waals surface area contributed by atoms with Gasteiger partial charge in [0, 0.05) is 46.3 Å². The monoisotopic (exact) mass is 470 g/mol. The van der Waals surface area contributed by atoms with Gasteiger partial charge in [-0.05, 0) is 49.2 Å². The lowest BCUT2D eigenvalue weighted by Crippen LogP contribution is -2.46. The Balaban J connectivity index is 1.48. The molecule has 9 nitrogen and oxygen atoms in total. The SMILES string of the molecule is CCn1c(=O)[nH]c2cc(CN3CCN(c4ccc(C(=O)NC)nc4Cl)CC3)c(C)cc2c1=O. The molecule has 33 heavy (non-hydrogen) atoms. The first-order valence-electron chi connectivity index (χ1n) is 10.9. The van der Waals surface area contributed by atoms with Crippen LogP contribution in [-0.2, 0) is 13.1 Å². The maximum atomic E-state index is 12.6. The minimum Gasteiger partial charge on any atom is -0.366 e. The Morgan fingerprint density at radius 2 is 1.91 bits per heavy atom. The third-order valence-electron chi connectivity index (χ3n) is 6.15. The number of rotatable bonds is 5. The number of halogens is 1. The number of benzene rings is 1. The molecule has 0 bridgehead atoms. The van der Waals surface area contributed by atoms with Crippen LogP contribution in [0.5, 0.6) is 0 Å². The molecule has 3 aromatic rings. The van der Waals surface area contributed by atoms with Gasteiger partial charge in [-0.3, -0.25) is 19.1 Å². The summed E-state index contributed by atoms with van der Waals surface area (Å²) in [5.74, 6) is -0.269. The maximum Gasteiger partial charge on any atom is 0.328 e. The number of carbonyl (C=O) groups excluding carboxylic acids is 1. The second-order valence-electron chi connectivity index (χ2n) is 8.15. The number of aryl methyl sites for hydroxylation is 1. The van der Waals surface area contributed by atoms with Gasteiger partial charge in [0.05, 0.1) is 16.6 Å². The van der Waals surface area contributed by atoms with Gasteiger partial charge in [-0.25, -0.2) is 9.78 Å². The third kappa shape index (κ3) is 4.51. The molecule has 0 radical (unpaired) electrons. The first kappa shape index (κ1) is 23.0. The minimum atomic E-state index is -0.383. The highest BCUT2D eigenvalue weighted by Gasteiger charge is 2.21. The van der Waals surface area contributed by atoms with E-state index in [0.717, 1.165) is 49.5 Å². The van der Waals surface area contributed by atoms with Gasteiger partial charge in [0.2, 0.25) is 0 Å². The number of piperazine rings is 1. The molecule has 1 aliphatic rings. The van der Waals surface area contributed by atoms with Crippen LogP contribution < -0.4 is 21.5 Å². The van der Waals surface area contributed by atoms with Crippen molar-refractivity contribution in [2.45, 2.75) is 26.9 Å². The zero-order chi connectivity index (χ0) is 23.7. The Bertz CT molecular complexity index is 1320. The van der Waals surface area contributed by atoms with Gasteiger partial charge in [-0.15, -0.1) is 0 Å². The van der Waals surface area contributed by atoms with Crippen molar-refractivity contribution in [1.29, 1.82) is 0 Å². The Morgan fingerprint density at radius 1 is 1.18 bits per heavy atom. The number of amides is 1. The van der Waals surface area contributed by atoms with Gasteiger partial charge in [-0.2, -0.15) is 0 Å².